The Labute approximate surface area is 78.9 Å². The third-order valence-corrected chi connectivity index (χ3v) is 1.77. The summed E-state index contributed by atoms with van der Waals surface area (Å²) in [5.41, 5.74) is -0.543. The van der Waals surface area contributed by atoms with Gasteiger partial charge in [-0.2, -0.15) is 0 Å². The number of rotatable bonds is 6. The van der Waals surface area contributed by atoms with E-state index in [9.17, 15) is 4.79 Å². The first-order valence-corrected chi connectivity index (χ1v) is 3.84. The normalized spacial score (nSPS) is 9.85. The molecule has 13 heavy (non-hydrogen) atoms. The Morgan fingerprint density at radius 3 is 1.92 bits per heavy atom. The van der Waals surface area contributed by atoms with E-state index in [1.807, 2.05) is 0 Å². The zero-order valence-corrected chi connectivity index (χ0v) is 7.66. The van der Waals surface area contributed by atoms with Crippen molar-refractivity contribution in [1.29, 1.82) is 0 Å². The first kappa shape index (κ1) is 11.4. The Morgan fingerprint density at radius 2 is 1.62 bits per heavy atom. The molecule has 0 amide bonds. The second-order valence-electron chi connectivity index (χ2n) is 2.54. The monoisotopic (exact) mass is 178 g/mol. The highest BCUT2D eigenvalue weighted by molar-refractivity contribution is 5.81. The average molecular weight is 178 g/mol. The van der Waals surface area contributed by atoms with Crippen LogP contribution in [0.4, 0.5) is 0 Å². The summed E-state index contributed by atoms with van der Waals surface area (Å²) in [5.74, 6) is -0.463. The lowest BCUT2D eigenvalue weighted by Crippen LogP contribution is -2.20. The molecule has 0 radical (unpaired) electrons. The maximum atomic E-state index is 10.8. The van der Waals surface area contributed by atoms with Crippen LogP contribution in [-0.4, -0.2) is 12.6 Å². The molecule has 0 saturated carbocycles. The van der Waals surface area contributed by atoms with E-state index < -0.39 is 11.4 Å². The summed E-state index contributed by atoms with van der Waals surface area (Å²) in [7, 11) is 0. The van der Waals surface area contributed by atoms with Crippen molar-refractivity contribution in [3.8, 4) is 0 Å². The van der Waals surface area contributed by atoms with Crippen LogP contribution in [0.2, 0.25) is 0 Å². The molecule has 70 valence electrons. The molecule has 0 fully saturated rings. The highest BCUT2D eigenvalue weighted by Crippen LogP contribution is 2.21. The van der Waals surface area contributed by atoms with E-state index in [0.29, 0.717) is 0 Å². The number of carbonyl (C=O) groups is 1. The summed E-state index contributed by atoms with van der Waals surface area (Å²) in [4.78, 5) is 10.8. The van der Waals surface area contributed by atoms with Gasteiger partial charge in [-0.05, 0) is 0 Å². The maximum Gasteiger partial charge on any atom is 0.330 e. The quantitative estimate of drug-likeness (QED) is 0.354. The second kappa shape index (κ2) is 5.14. The molecular formula is C11H14O2. The van der Waals surface area contributed by atoms with Gasteiger partial charge in [-0.15, -0.1) is 19.7 Å². The number of ether oxygens (including phenoxy) is 1. The van der Waals surface area contributed by atoms with Crippen LogP contribution in [-0.2, 0) is 9.53 Å². The van der Waals surface area contributed by atoms with Gasteiger partial charge in [0.1, 0.15) is 6.61 Å². The summed E-state index contributed by atoms with van der Waals surface area (Å²) >= 11 is 0. The lowest BCUT2D eigenvalue weighted by atomic mass is 9.90. The van der Waals surface area contributed by atoms with Crippen molar-refractivity contribution in [1.82, 2.24) is 0 Å². The van der Waals surface area contributed by atoms with Gasteiger partial charge in [0, 0.05) is 6.08 Å². The van der Waals surface area contributed by atoms with Gasteiger partial charge < -0.3 is 4.74 Å². The third kappa shape index (κ3) is 3.11. The largest absolute Gasteiger partial charge is 0.461 e. The molecule has 0 aliphatic rings. The molecule has 0 bridgehead atoms. The molecule has 0 atom stereocenters. The van der Waals surface area contributed by atoms with Crippen molar-refractivity contribution < 1.29 is 9.53 Å². The van der Waals surface area contributed by atoms with Gasteiger partial charge >= 0.3 is 5.97 Å². The molecule has 0 aromatic carbocycles. The zero-order chi connectivity index (χ0) is 10.3. The molecule has 0 aliphatic heterocycles. The summed E-state index contributed by atoms with van der Waals surface area (Å²) in [6.07, 6.45) is 6.00. The number of hydrogen-bond donors (Lipinski definition) is 0. The van der Waals surface area contributed by atoms with Crippen LogP contribution >= 0.6 is 0 Å². The smallest absolute Gasteiger partial charge is 0.330 e. The predicted molar refractivity (Wildman–Crippen MR) is 54.2 cm³/mol. The van der Waals surface area contributed by atoms with E-state index in [0.717, 1.165) is 6.08 Å². The van der Waals surface area contributed by atoms with E-state index in [-0.39, 0.29) is 6.61 Å². The SMILES string of the molecule is C=CC(=O)OCC(C=C)(C=C)C=C. The molecule has 0 saturated heterocycles. The standard InChI is InChI=1S/C11H14O2/c1-5-10(12)13-9-11(6-2,7-3)8-4/h5-8H,1-4,9H2. The fraction of sp³-hybridized carbons (Fsp3) is 0.182. The molecule has 0 N–H and O–H groups in total. The Kier molecular flexibility index (Phi) is 4.52. The molecule has 0 spiro atoms. The van der Waals surface area contributed by atoms with Crippen molar-refractivity contribution in [2.45, 2.75) is 0 Å². The molecule has 2 heteroatoms. The zero-order valence-electron chi connectivity index (χ0n) is 7.66. The topological polar surface area (TPSA) is 26.3 Å². The first-order valence-electron chi connectivity index (χ1n) is 3.84. The van der Waals surface area contributed by atoms with Gasteiger partial charge in [0.15, 0.2) is 0 Å². The van der Waals surface area contributed by atoms with Gasteiger partial charge in [-0.3, -0.25) is 0 Å². The summed E-state index contributed by atoms with van der Waals surface area (Å²) in [5, 5.41) is 0. The minimum absolute atomic E-state index is 0.161. The minimum atomic E-state index is -0.543. The Hall–Kier alpha value is -1.57. The fourth-order valence-electron chi connectivity index (χ4n) is 0.682. The Morgan fingerprint density at radius 1 is 1.15 bits per heavy atom. The van der Waals surface area contributed by atoms with Crippen LogP contribution in [0.25, 0.3) is 0 Å². The Balaban J connectivity index is 4.34. The second-order valence-corrected chi connectivity index (χ2v) is 2.54. The summed E-state index contributed by atoms with van der Waals surface area (Å²) in [6, 6.07) is 0. The van der Waals surface area contributed by atoms with Gasteiger partial charge in [0.2, 0.25) is 0 Å². The van der Waals surface area contributed by atoms with Gasteiger partial charge in [-0.1, -0.05) is 24.8 Å². The van der Waals surface area contributed by atoms with E-state index >= 15 is 0 Å². The molecule has 0 aromatic rings. The van der Waals surface area contributed by atoms with Crippen LogP contribution < -0.4 is 0 Å². The van der Waals surface area contributed by atoms with E-state index in [2.05, 4.69) is 26.3 Å². The number of carbonyl (C=O) groups excluding carboxylic acids is 1. The van der Waals surface area contributed by atoms with Crippen molar-refractivity contribution in [2.75, 3.05) is 6.61 Å². The Bertz CT molecular complexity index is 217. The van der Waals surface area contributed by atoms with Crippen LogP contribution in [0.15, 0.2) is 50.6 Å². The van der Waals surface area contributed by atoms with E-state index in [1.54, 1.807) is 18.2 Å². The van der Waals surface area contributed by atoms with Crippen LogP contribution in [0, 0.1) is 5.41 Å². The van der Waals surface area contributed by atoms with E-state index in [1.165, 1.54) is 0 Å². The van der Waals surface area contributed by atoms with Crippen LogP contribution in [0.1, 0.15) is 0 Å². The third-order valence-electron chi connectivity index (χ3n) is 1.77. The lowest BCUT2D eigenvalue weighted by Gasteiger charge is -2.21. The molecule has 0 heterocycles. The highest BCUT2D eigenvalue weighted by atomic mass is 16.5. The van der Waals surface area contributed by atoms with Gasteiger partial charge in [0.25, 0.3) is 0 Å². The van der Waals surface area contributed by atoms with Crippen molar-refractivity contribution >= 4 is 5.97 Å². The minimum Gasteiger partial charge on any atom is -0.461 e. The fourth-order valence-corrected chi connectivity index (χ4v) is 0.682. The maximum absolute atomic E-state index is 10.8. The van der Waals surface area contributed by atoms with Crippen LogP contribution in [0.3, 0.4) is 0 Å². The van der Waals surface area contributed by atoms with Crippen molar-refractivity contribution in [2.24, 2.45) is 5.41 Å². The molecule has 0 rings (SSSR count). The number of esters is 1. The molecular weight excluding hydrogens is 164 g/mol. The lowest BCUT2D eigenvalue weighted by molar-refractivity contribution is -0.139. The van der Waals surface area contributed by atoms with E-state index in [4.69, 9.17) is 4.74 Å². The molecule has 0 aromatic heterocycles. The predicted octanol–water partition coefficient (Wildman–Crippen LogP) is 2.26. The summed E-state index contributed by atoms with van der Waals surface area (Å²) in [6.45, 7) is 14.3. The summed E-state index contributed by atoms with van der Waals surface area (Å²) < 4.78 is 4.86. The highest BCUT2D eigenvalue weighted by Gasteiger charge is 2.19. The molecule has 2 nitrogen and oxygen atoms in total. The van der Waals surface area contributed by atoms with Crippen LogP contribution in [0.5, 0.6) is 0 Å². The van der Waals surface area contributed by atoms with Gasteiger partial charge in [-0.25, -0.2) is 4.79 Å². The van der Waals surface area contributed by atoms with Crippen molar-refractivity contribution in [3.63, 3.8) is 0 Å². The van der Waals surface area contributed by atoms with Gasteiger partial charge in [0.05, 0.1) is 5.41 Å². The number of hydrogen-bond acceptors (Lipinski definition) is 2. The average Bonchev–Trinajstić information content (AvgIpc) is 2.20. The first-order chi connectivity index (χ1) is 6.14. The molecule has 0 aliphatic carbocycles. The van der Waals surface area contributed by atoms with Crippen molar-refractivity contribution in [3.05, 3.63) is 50.6 Å². The molecule has 0 unspecified atom stereocenters.